The second-order valence-electron chi connectivity index (χ2n) is 8.61. The lowest BCUT2D eigenvalue weighted by Gasteiger charge is -2.39. The fourth-order valence-corrected chi connectivity index (χ4v) is 5.03. The van der Waals surface area contributed by atoms with E-state index >= 15 is 0 Å². The van der Waals surface area contributed by atoms with E-state index in [4.69, 9.17) is 0 Å². The summed E-state index contributed by atoms with van der Waals surface area (Å²) in [6.45, 7) is 7.54. The van der Waals surface area contributed by atoms with E-state index in [0.29, 0.717) is 11.5 Å². The van der Waals surface area contributed by atoms with Crippen LogP contribution in [-0.4, -0.2) is 18.6 Å². The van der Waals surface area contributed by atoms with E-state index in [2.05, 4.69) is 31.4 Å². The zero-order valence-electron chi connectivity index (χ0n) is 14.0. The summed E-state index contributed by atoms with van der Waals surface area (Å²) in [7, 11) is 0. The summed E-state index contributed by atoms with van der Waals surface area (Å²) >= 11 is 0. The van der Waals surface area contributed by atoms with Gasteiger partial charge in [-0.3, -0.25) is 0 Å². The first kappa shape index (κ1) is 15.2. The number of carbonyl (C=O) groups is 1. The lowest BCUT2D eigenvalue weighted by molar-refractivity contribution is 0.139. The van der Waals surface area contributed by atoms with Crippen LogP contribution in [0.5, 0.6) is 0 Å². The van der Waals surface area contributed by atoms with Gasteiger partial charge in [-0.1, -0.05) is 27.2 Å². The molecule has 3 rings (SSSR count). The molecule has 3 heteroatoms. The van der Waals surface area contributed by atoms with Gasteiger partial charge in [0.25, 0.3) is 0 Å². The summed E-state index contributed by atoms with van der Waals surface area (Å²) in [5, 5.41) is 6.38. The number of rotatable bonds is 5. The maximum absolute atomic E-state index is 12.2. The topological polar surface area (TPSA) is 41.1 Å². The van der Waals surface area contributed by atoms with Crippen molar-refractivity contribution in [3.8, 4) is 0 Å². The summed E-state index contributed by atoms with van der Waals surface area (Å²) in [5.74, 6) is 3.54. The van der Waals surface area contributed by atoms with E-state index in [9.17, 15) is 4.79 Å². The average Bonchev–Trinajstić information content (AvgIpc) is 2.65. The summed E-state index contributed by atoms with van der Waals surface area (Å²) < 4.78 is 0. The Kier molecular flexibility index (Phi) is 4.20. The highest BCUT2D eigenvalue weighted by Crippen LogP contribution is 2.55. The second kappa shape index (κ2) is 5.81. The zero-order chi connectivity index (χ0) is 15.0. The summed E-state index contributed by atoms with van der Waals surface area (Å²) in [5.41, 5.74) is 0.329. The smallest absolute Gasteiger partial charge is 0.315 e. The van der Waals surface area contributed by atoms with E-state index in [0.717, 1.165) is 43.1 Å². The van der Waals surface area contributed by atoms with Gasteiger partial charge in [0.1, 0.15) is 0 Å². The first-order valence-electron chi connectivity index (χ1n) is 9.01. The minimum atomic E-state index is 0.0663. The van der Waals surface area contributed by atoms with Crippen molar-refractivity contribution in [1.29, 1.82) is 0 Å². The van der Waals surface area contributed by atoms with Crippen molar-refractivity contribution in [1.82, 2.24) is 10.6 Å². The van der Waals surface area contributed by atoms with E-state index in [1.54, 1.807) is 0 Å². The number of amides is 2. The minimum absolute atomic E-state index is 0.0663. The molecule has 2 N–H and O–H groups in total. The van der Waals surface area contributed by atoms with Crippen molar-refractivity contribution in [2.45, 2.75) is 71.8 Å². The van der Waals surface area contributed by atoms with Crippen LogP contribution in [0.15, 0.2) is 0 Å². The number of hydrogen-bond donors (Lipinski definition) is 2. The van der Waals surface area contributed by atoms with Gasteiger partial charge in [-0.05, 0) is 67.6 Å². The Labute approximate surface area is 129 Å². The van der Waals surface area contributed by atoms with Crippen LogP contribution >= 0.6 is 0 Å². The van der Waals surface area contributed by atoms with E-state index in [1.807, 2.05) is 0 Å². The molecule has 3 fully saturated rings. The molecule has 0 aliphatic heterocycles. The first-order chi connectivity index (χ1) is 9.97. The summed E-state index contributed by atoms with van der Waals surface area (Å²) in [6.07, 6.45) is 9.11. The molecular weight excluding hydrogens is 260 g/mol. The van der Waals surface area contributed by atoms with E-state index in [1.165, 1.54) is 32.1 Å². The third-order valence-corrected chi connectivity index (χ3v) is 6.61. The first-order valence-corrected chi connectivity index (χ1v) is 9.01. The Bertz CT molecular complexity index is 391. The van der Waals surface area contributed by atoms with E-state index < -0.39 is 0 Å². The molecule has 120 valence electrons. The summed E-state index contributed by atoms with van der Waals surface area (Å²) in [6, 6.07) is 0.511. The number of urea groups is 1. The normalized spacial score (nSPS) is 37.6. The molecular formula is C18H32N2O. The molecule has 0 heterocycles. The average molecular weight is 292 g/mol. The molecule has 3 saturated carbocycles. The fourth-order valence-electron chi connectivity index (χ4n) is 5.03. The molecule has 2 amide bonds. The highest BCUT2D eigenvalue weighted by atomic mass is 16.2. The number of nitrogens with one attached hydrogen (secondary N) is 2. The SMILES string of the molecule is CCC(C)(C)CCNC(=O)NC1CC2CC3CC(C2)C1C3. The quantitative estimate of drug-likeness (QED) is 0.792. The standard InChI is InChI=1S/C18H32N2O/c1-4-18(2,3)5-6-19-17(21)20-16-11-13-7-12-8-14(9-13)15(16)10-12/h12-16H,4-11H2,1-3H3,(H2,19,20,21). The predicted molar refractivity (Wildman–Crippen MR) is 86.1 cm³/mol. The molecule has 3 bridgehead atoms. The number of carbonyl (C=O) groups excluding carboxylic acids is 1. The maximum Gasteiger partial charge on any atom is 0.315 e. The highest BCUT2D eigenvalue weighted by Gasteiger charge is 2.49. The van der Waals surface area contributed by atoms with Gasteiger partial charge in [-0.15, -0.1) is 0 Å². The lowest BCUT2D eigenvalue weighted by atomic mass is 9.70. The van der Waals surface area contributed by atoms with Crippen LogP contribution < -0.4 is 10.6 Å². The maximum atomic E-state index is 12.2. The van der Waals surface area contributed by atoms with Crippen molar-refractivity contribution in [3.63, 3.8) is 0 Å². The van der Waals surface area contributed by atoms with Crippen LogP contribution in [0.3, 0.4) is 0 Å². The van der Waals surface area contributed by atoms with Crippen LogP contribution in [-0.2, 0) is 0 Å². The van der Waals surface area contributed by atoms with Gasteiger partial charge in [-0.2, -0.15) is 0 Å². The Morgan fingerprint density at radius 1 is 1.10 bits per heavy atom. The molecule has 3 nitrogen and oxygen atoms in total. The zero-order valence-corrected chi connectivity index (χ0v) is 14.0. The molecule has 5 atom stereocenters. The van der Waals surface area contributed by atoms with Crippen molar-refractivity contribution < 1.29 is 4.79 Å². The van der Waals surface area contributed by atoms with Gasteiger partial charge in [0, 0.05) is 12.6 Å². The van der Waals surface area contributed by atoms with Crippen molar-refractivity contribution in [3.05, 3.63) is 0 Å². The van der Waals surface area contributed by atoms with Crippen LogP contribution in [0.4, 0.5) is 4.79 Å². The second-order valence-corrected chi connectivity index (χ2v) is 8.61. The van der Waals surface area contributed by atoms with Gasteiger partial charge >= 0.3 is 6.03 Å². The Morgan fingerprint density at radius 3 is 2.52 bits per heavy atom. The van der Waals surface area contributed by atoms with E-state index in [-0.39, 0.29) is 6.03 Å². The van der Waals surface area contributed by atoms with Gasteiger partial charge in [0.2, 0.25) is 0 Å². The molecule has 21 heavy (non-hydrogen) atoms. The third kappa shape index (κ3) is 3.37. The van der Waals surface area contributed by atoms with Gasteiger partial charge in [0.05, 0.1) is 0 Å². The Morgan fingerprint density at radius 2 is 1.81 bits per heavy atom. The summed E-state index contributed by atoms with van der Waals surface area (Å²) in [4.78, 5) is 12.2. The number of fused-ring (bicyclic) bond motifs is 2. The Hall–Kier alpha value is -0.730. The molecule has 5 unspecified atom stereocenters. The molecule has 0 aromatic heterocycles. The lowest BCUT2D eigenvalue weighted by Crippen LogP contribution is -2.49. The molecule has 0 spiro atoms. The molecule has 0 aromatic carbocycles. The molecule has 3 aliphatic rings. The molecule has 0 saturated heterocycles. The fraction of sp³-hybridized carbons (Fsp3) is 0.944. The van der Waals surface area contributed by atoms with Crippen LogP contribution in [0.1, 0.15) is 65.7 Å². The van der Waals surface area contributed by atoms with Crippen LogP contribution in [0, 0.1) is 29.1 Å². The van der Waals surface area contributed by atoms with Crippen molar-refractivity contribution in [2.75, 3.05) is 6.54 Å². The van der Waals surface area contributed by atoms with Crippen molar-refractivity contribution in [2.24, 2.45) is 29.1 Å². The van der Waals surface area contributed by atoms with Gasteiger partial charge in [0.15, 0.2) is 0 Å². The molecule has 0 radical (unpaired) electrons. The monoisotopic (exact) mass is 292 g/mol. The van der Waals surface area contributed by atoms with Crippen molar-refractivity contribution >= 4 is 6.03 Å². The highest BCUT2D eigenvalue weighted by molar-refractivity contribution is 5.74. The van der Waals surface area contributed by atoms with Gasteiger partial charge in [-0.25, -0.2) is 4.79 Å². The number of hydrogen-bond acceptors (Lipinski definition) is 1. The van der Waals surface area contributed by atoms with Crippen LogP contribution in [0.25, 0.3) is 0 Å². The van der Waals surface area contributed by atoms with Gasteiger partial charge < -0.3 is 10.6 Å². The third-order valence-electron chi connectivity index (χ3n) is 6.61. The minimum Gasteiger partial charge on any atom is -0.338 e. The molecule has 0 aromatic rings. The van der Waals surface area contributed by atoms with Crippen LogP contribution in [0.2, 0.25) is 0 Å². The predicted octanol–water partition coefficient (Wildman–Crippen LogP) is 3.94. The largest absolute Gasteiger partial charge is 0.338 e. The molecule has 3 aliphatic carbocycles. The Balaban J connectivity index is 1.45.